The summed E-state index contributed by atoms with van der Waals surface area (Å²) in [6.07, 6.45) is 4.72. The Balaban J connectivity index is 1.53. The van der Waals surface area contributed by atoms with Gasteiger partial charge in [-0.3, -0.25) is 0 Å². The number of benzene rings is 2. The van der Waals surface area contributed by atoms with Crippen LogP contribution in [0, 0.1) is 0 Å². The van der Waals surface area contributed by atoms with Crippen molar-refractivity contribution in [1.82, 2.24) is 0 Å². The van der Waals surface area contributed by atoms with Gasteiger partial charge in [0.25, 0.3) is 0 Å². The smallest absolute Gasteiger partial charge is 0.340 e. The number of ether oxygens (including phenoxy) is 2. The lowest BCUT2D eigenvalue weighted by molar-refractivity contribution is -0.157. The van der Waals surface area contributed by atoms with Crippen molar-refractivity contribution in [2.75, 3.05) is 6.61 Å². The zero-order chi connectivity index (χ0) is 22.9. The second-order valence-corrected chi connectivity index (χ2v) is 9.49. The molecule has 2 aromatic carbocycles. The largest absolute Gasteiger partial charge is 0.492 e. The van der Waals surface area contributed by atoms with Crippen molar-refractivity contribution in [2.24, 2.45) is 0 Å². The topological polar surface area (TPSA) is 35.5 Å². The number of esters is 1. The molecule has 0 spiro atoms. The van der Waals surface area contributed by atoms with Gasteiger partial charge in [-0.25, -0.2) is 9.18 Å². The van der Waals surface area contributed by atoms with E-state index in [0.29, 0.717) is 18.9 Å². The van der Waals surface area contributed by atoms with Crippen LogP contribution in [-0.2, 0) is 9.53 Å². The first-order valence-electron chi connectivity index (χ1n) is 11.9. The second-order valence-electron chi connectivity index (χ2n) is 8.64. The second kappa shape index (κ2) is 12.4. The van der Waals surface area contributed by atoms with Crippen LogP contribution in [0.1, 0.15) is 76.7 Å². The van der Waals surface area contributed by atoms with Crippen molar-refractivity contribution in [1.29, 1.82) is 0 Å². The van der Waals surface area contributed by atoms with Gasteiger partial charge in [-0.05, 0) is 89.2 Å². The van der Waals surface area contributed by atoms with Crippen LogP contribution in [0.2, 0.25) is 0 Å². The molecule has 0 radical (unpaired) electrons. The molecule has 174 valence electrons. The summed E-state index contributed by atoms with van der Waals surface area (Å²) in [5, 5.41) is 0. The highest BCUT2D eigenvalue weighted by Gasteiger charge is 2.27. The van der Waals surface area contributed by atoms with Crippen molar-refractivity contribution < 1.29 is 18.7 Å². The molecule has 0 unspecified atom stereocenters. The first-order valence-corrected chi connectivity index (χ1v) is 12.7. The molecule has 1 saturated carbocycles. The summed E-state index contributed by atoms with van der Waals surface area (Å²) in [7, 11) is 0. The summed E-state index contributed by atoms with van der Waals surface area (Å²) in [5.74, 6) is 0.648. The number of carbonyl (C=O) groups excluding carboxylic acids is 1. The minimum absolute atomic E-state index is 0.149. The molecule has 3 nitrogen and oxygen atoms in total. The number of hydrogen-bond acceptors (Lipinski definition) is 3. The Kier molecular flexibility index (Phi) is 9.58. The van der Waals surface area contributed by atoms with Gasteiger partial charge in [0.1, 0.15) is 11.9 Å². The zero-order valence-electron chi connectivity index (χ0n) is 19.1. The molecule has 0 saturated heterocycles. The third kappa shape index (κ3) is 6.81. The van der Waals surface area contributed by atoms with Gasteiger partial charge >= 0.3 is 5.97 Å². The molecule has 0 aliphatic heterocycles. The molecule has 0 heterocycles. The van der Waals surface area contributed by atoms with E-state index in [4.69, 9.17) is 9.47 Å². The van der Waals surface area contributed by atoms with Gasteiger partial charge in [0.2, 0.25) is 0 Å². The van der Waals surface area contributed by atoms with Crippen LogP contribution in [0.5, 0.6) is 5.75 Å². The van der Waals surface area contributed by atoms with Crippen LogP contribution in [0.15, 0.2) is 46.9 Å². The van der Waals surface area contributed by atoms with Crippen LogP contribution in [0.4, 0.5) is 4.39 Å². The molecular formula is C27H34BrFO3. The number of hydrogen-bond donors (Lipinski definition) is 0. The van der Waals surface area contributed by atoms with Crippen molar-refractivity contribution in [3.63, 3.8) is 0 Å². The molecular weight excluding hydrogens is 471 g/mol. The van der Waals surface area contributed by atoms with Gasteiger partial charge in [0, 0.05) is 0 Å². The maximum Gasteiger partial charge on any atom is 0.340 e. The fraction of sp³-hybridized carbons (Fsp3) is 0.519. The number of rotatable bonds is 10. The van der Waals surface area contributed by atoms with Gasteiger partial charge in [0.05, 0.1) is 11.1 Å². The average molecular weight is 505 g/mol. The summed E-state index contributed by atoms with van der Waals surface area (Å²) in [6.45, 7) is 4.79. The summed E-state index contributed by atoms with van der Waals surface area (Å²) in [4.78, 5) is 11.9. The first kappa shape index (κ1) is 24.8. The molecule has 0 N–H and O–H groups in total. The third-order valence-electron chi connectivity index (χ3n) is 6.13. The van der Waals surface area contributed by atoms with Crippen molar-refractivity contribution in [3.8, 4) is 16.9 Å². The maximum atomic E-state index is 13.9. The fourth-order valence-corrected chi connectivity index (χ4v) is 4.70. The normalized spacial score (nSPS) is 19.4. The van der Waals surface area contributed by atoms with Gasteiger partial charge in [-0.2, -0.15) is 0 Å². The van der Waals surface area contributed by atoms with Crippen LogP contribution in [0.25, 0.3) is 11.1 Å². The van der Waals surface area contributed by atoms with Gasteiger partial charge in [-0.15, -0.1) is 0 Å². The number of alkyl halides is 1. The van der Waals surface area contributed by atoms with E-state index in [-0.39, 0.29) is 12.5 Å². The lowest BCUT2D eigenvalue weighted by Gasteiger charge is -2.29. The molecule has 1 aliphatic rings. The zero-order valence-corrected chi connectivity index (χ0v) is 20.7. The van der Waals surface area contributed by atoms with Gasteiger partial charge in [0.15, 0.2) is 6.17 Å². The van der Waals surface area contributed by atoms with E-state index in [2.05, 4.69) is 59.3 Å². The van der Waals surface area contributed by atoms with Crippen molar-refractivity contribution >= 4 is 21.9 Å². The van der Waals surface area contributed by atoms with Crippen molar-refractivity contribution in [2.45, 2.75) is 83.4 Å². The first-order chi connectivity index (χ1) is 15.5. The number of halogens is 2. The number of carbonyl (C=O) groups is 1. The Labute approximate surface area is 199 Å². The Hall–Kier alpha value is -1.88. The molecule has 0 amide bonds. The van der Waals surface area contributed by atoms with E-state index in [0.717, 1.165) is 54.3 Å². The molecule has 1 fully saturated rings. The average Bonchev–Trinajstić information content (AvgIpc) is 2.82. The monoisotopic (exact) mass is 504 g/mol. The van der Waals surface area contributed by atoms with E-state index < -0.39 is 12.1 Å². The minimum Gasteiger partial charge on any atom is -0.492 e. The van der Waals surface area contributed by atoms with E-state index in [1.54, 1.807) is 0 Å². The molecule has 32 heavy (non-hydrogen) atoms. The maximum absolute atomic E-state index is 13.9. The van der Waals surface area contributed by atoms with E-state index in [1.807, 2.05) is 13.0 Å². The molecule has 0 bridgehead atoms. The Morgan fingerprint density at radius 3 is 2.34 bits per heavy atom. The Morgan fingerprint density at radius 1 is 1.03 bits per heavy atom. The Morgan fingerprint density at radius 2 is 1.72 bits per heavy atom. The van der Waals surface area contributed by atoms with E-state index >= 15 is 0 Å². The molecule has 5 heteroatoms. The summed E-state index contributed by atoms with van der Waals surface area (Å²) in [6, 6.07) is 14.9. The highest BCUT2D eigenvalue weighted by molar-refractivity contribution is 9.10. The Bertz CT molecular complexity index is 860. The van der Waals surface area contributed by atoms with Crippen LogP contribution in [0.3, 0.4) is 0 Å². The highest BCUT2D eigenvalue weighted by Crippen LogP contribution is 2.36. The van der Waals surface area contributed by atoms with Crippen molar-refractivity contribution in [3.05, 3.63) is 52.5 Å². The summed E-state index contributed by atoms with van der Waals surface area (Å²) < 4.78 is 26.0. The molecule has 1 atom stereocenters. The number of unbranched alkanes of at least 4 members (excludes halogenated alkanes) is 1. The van der Waals surface area contributed by atoms with Crippen LogP contribution in [-0.4, -0.2) is 24.9 Å². The van der Waals surface area contributed by atoms with Gasteiger partial charge < -0.3 is 9.47 Å². The quantitative estimate of drug-likeness (QED) is 0.307. The molecule has 3 rings (SSSR count). The van der Waals surface area contributed by atoms with Crippen LogP contribution >= 0.6 is 15.9 Å². The predicted octanol–water partition coefficient (Wildman–Crippen LogP) is 8.00. The van der Waals surface area contributed by atoms with Gasteiger partial charge in [-0.1, -0.05) is 57.0 Å². The molecule has 2 aromatic rings. The predicted molar refractivity (Wildman–Crippen MR) is 131 cm³/mol. The fourth-order valence-electron chi connectivity index (χ4n) is 4.21. The SMILES string of the molecule is CCCC[C@H](F)C(=O)OC1CCC(c2ccc(-c3ccc(OCCC)c(Br)c3)cc2)CC1. The van der Waals surface area contributed by atoms with E-state index in [1.165, 1.54) is 11.1 Å². The summed E-state index contributed by atoms with van der Waals surface area (Å²) >= 11 is 3.61. The standard InChI is InChI=1S/C27H34BrFO3/c1-3-5-6-25(29)27(30)32-23-14-11-20(12-15-23)19-7-9-21(10-8-19)22-13-16-26(24(28)18-22)31-17-4-2/h7-10,13,16,18,20,23,25H,3-6,11-12,14-15,17H2,1-2H3/t20?,23?,25-/m0/s1. The molecule has 1 aliphatic carbocycles. The molecule has 0 aromatic heterocycles. The lowest BCUT2D eigenvalue weighted by Crippen LogP contribution is -2.28. The third-order valence-corrected chi connectivity index (χ3v) is 6.75. The van der Waals surface area contributed by atoms with Crippen LogP contribution < -0.4 is 4.74 Å². The highest BCUT2D eigenvalue weighted by atomic mass is 79.9. The summed E-state index contributed by atoms with van der Waals surface area (Å²) in [5.41, 5.74) is 3.62. The minimum atomic E-state index is -1.48. The van der Waals surface area contributed by atoms with E-state index in [9.17, 15) is 9.18 Å². The lowest BCUT2D eigenvalue weighted by atomic mass is 9.82.